The first-order valence-corrected chi connectivity index (χ1v) is 6.56. The Hall–Kier alpha value is -0.910. The monoisotopic (exact) mass is 248 g/mol. The molecule has 6 heteroatoms. The van der Waals surface area contributed by atoms with E-state index in [9.17, 15) is 9.59 Å². The van der Waals surface area contributed by atoms with E-state index in [0.29, 0.717) is 0 Å². The lowest BCUT2D eigenvalue weighted by molar-refractivity contribution is -0.140. The number of aliphatic carboxylic acids is 1. The van der Waals surface area contributed by atoms with E-state index in [1.807, 2.05) is 13.2 Å². The molecule has 5 nitrogen and oxygen atoms in total. The standard InChI is InChI=1S/C10H20N2O3S/c1-6(2)8(9(13)14)12-10(15)11-7(3)5-16-4/h6-8H,5H2,1-4H3,(H,13,14)(H2,11,12,15)/t7?,8-/m1/s1. The predicted molar refractivity (Wildman–Crippen MR) is 65.8 cm³/mol. The van der Waals surface area contributed by atoms with Gasteiger partial charge in [0, 0.05) is 11.8 Å². The molecule has 0 fully saturated rings. The maximum absolute atomic E-state index is 11.5. The van der Waals surface area contributed by atoms with Crippen LogP contribution in [0.3, 0.4) is 0 Å². The van der Waals surface area contributed by atoms with Gasteiger partial charge >= 0.3 is 12.0 Å². The van der Waals surface area contributed by atoms with Gasteiger partial charge in [-0.3, -0.25) is 0 Å². The number of hydrogen-bond donors (Lipinski definition) is 3. The van der Waals surface area contributed by atoms with Crippen molar-refractivity contribution in [3.63, 3.8) is 0 Å². The number of thioether (sulfide) groups is 1. The Morgan fingerprint density at radius 2 is 1.81 bits per heavy atom. The normalized spacial score (nSPS) is 14.3. The molecule has 0 spiro atoms. The highest BCUT2D eigenvalue weighted by Gasteiger charge is 2.23. The number of rotatable bonds is 6. The van der Waals surface area contributed by atoms with Crippen LogP contribution in [0.15, 0.2) is 0 Å². The summed E-state index contributed by atoms with van der Waals surface area (Å²) in [6.45, 7) is 5.38. The van der Waals surface area contributed by atoms with E-state index in [0.717, 1.165) is 5.75 Å². The number of carbonyl (C=O) groups excluding carboxylic acids is 1. The molecule has 0 bridgehead atoms. The number of carboxylic acid groups (broad SMARTS) is 1. The van der Waals surface area contributed by atoms with Crippen molar-refractivity contribution >= 4 is 23.8 Å². The van der Waals surface area contributed by atoms with Gasteiger partial charge in [0.25, 0.3) is 0 Å². The van der Waals surface area contributed by atoms with Crippen LogP contribution < -0.4 is 10.6 Å². The summed E-state index contributed by atoms with van der Waals surface area (Å²) in [5, 5.41) is 14.0. The number of amides is 2. The minimum atomic E-state index is -1.01. The van der Waals surface area contributed by atoms with Gasteiger partial charge in [0.05, 0.1) is 0 Å². The molecule has 0 aromatic heterocycles. The zero-order valence-corrected chi connectivity index (χ0v) is 10.9. The summed E-state index contributed by atoms with van der Waals surface area (Å²) in [7, 11) is 0. The Balaban J connectivity index is 4.15. The highest BCUT2D eigenvalue weighted by molar-refractivity contribution is 7.98. The second kappa shape index (κ2) is 7.38. The fraction of sp³-hybridized carbons (Fsp3) is 0.800. The molecule has 0 aliphatic heterocycles. The Morgan fingerprint density at radius 1 is 1.25 bits per heavy atom. The molecular weight excluding hydrogens is 228 g/mol. The number of carboxylic acids is 1. The Kier molecular flexibility index (Phi) is 6.96. The van der Waals surface area contributed by atoms with Gasteiger partial charge in [0.1, 0.15) is 6.04 Å². The van der Waals surface area contributed by atoms with Crippen LogP contribution in [0.4, 0.5) is 4.79 Å². The summed E-state index contributed by atoms with van der Waals surface area (Å²) in [5.74, 6) is -0.353. The molecule has 3 N–H and O–H groups in total. The molecule has 0 saturated carbocycles. The zero-order valence-electron chi connectivity index (χ0n) is 10.1. The van der Waals surface area contributed by atoms with E-state index < -0.39 is 18.0 Å². The van der Waals surface area contributed by atoms with E-state index in [4.69, 9.17) is 5.11 Å². The molecule has 0 aromatic carbocycles. The molecule has 0 heterocycles. The third kappa shape index (κ3) is 5.85. The van der Waals surface area contributed by atoms with Crippen molar-refractivity contribution < 1.29 is 14.7 Å². The van der Waals surface area contributed by atoms with Gasteiger partial charge in [-0.15, -0.1) is 0 Å². The highest BCUT2D eigenvalue weighted by Crippen LogP contribution is 2.02. The van der Waals surface area contributed by atoms with Crippen molar-refractivity contribution in [1.29, 1.82) is 0 Å². The third-order valence-electron chi connectivity index (χ3n) is 2.01. The van der Waals surface area contributed by atoms with Crippen LogP contribution in [0, 0.1) is 5.92 Å². The van der Waals surface area contributed by atoms with Gasteiger partial charge in [0.2, 0.25) is 0 Å². The van der Waals surface area contributed by atoms with Crippen LogP contribution in [0.5, 0.6) is 0 Å². The minimum absolute atomic E-state index is 0.0246. The Bertz CT molecular complexity index is 246. The lowest BCUT2D eigenvalue weighted by Crippen LogP contribution is -2.50. The zero-order chi connectivity index (χ0) is 12.7. The smallest absolute Gasteiger partial charge is 0.326 e. The Labute approximate surface area is 100 Å². The molecule has 16 heavy (non-hydrogen) atoms. The fourth-order valence-corrected chi connectivity index (χ4v) is 1.80. The molecule has 0 aromatic rings. The molecule has 0 radical (unpaired) electrons. The summed E-state index contributed by atoms with van der Waals surface area (Å²) < 4.78 is 0. The van der Waals surface area contributed by atoms with E-state index in [1.165, 1.54) is 0 Å². The van der Waals surface area contributed by atoms with Crippen LogP contribution in [-0.4, -0.2) is 41.2 Å². The molecule has 0 aliphatic rings. The SMILES string of the molecule is CSCC(C)NC(=O)N[C@@H](C(=O)O)C(C)C. The summed E-state index contributed by atoms with van der Waals surface area (Å²) in [4.78, 5) is 22.3. The second-order valence-corrected chi connectivity index (χ2v) is 4.94. The van der Waals surface area contributed by atoms with Crippen LogP contribution in [-0.2, 0) is 4.79 Å². The molecule has 0 aliphatic carbocycles. The Morgan fingerprint density at radius 3 is 2.19 bits per heavy atom. The lowest BCUT2D eigenvalue weighted by atomic mass is 10.1. The molecular formula is C10H20N2O3S. The molecule has 0 saturated heterocycles. The van der Waals surface area contributed by atoms with Crippen molar-refractivity contribution in [2.45, 2.75) is 32.9 Å². The summed E-state index contributed by atoms with van der Waals surface area (Å²) in [5.41, 5.74) is 0. The maximum Gasteiger partial charge on any atom is 0.326 e. The number of carbonyl (C=O) groups is 2. The lowest BCUT2D eigenvalue weighted by Gasteiger charge is -2.20. The van der Waals surface area contributed by atoms with Crippen LogP contribution in [0.1, 0.15) is 20.8 Å². The van der Waals surface area contributed by atoms with Gasteiger partial charge in [-0.2, -0.15) is 11.8 Å². The van der Waals surface area contributed by atoms with Gasteiger partial charge < -0.3 is 15.7 Å². The predicted octanol–water partition coefficient (Wildman–Crippen LogP) is 1.15. The van der Waals surface area contributed by atoms with Gasteiger partial charge in [-0.1, -0.05) is 13.8 Å². The number of urea groups is 1. The van der Waals surface area contributed by atoms with E-state index >= 15 is 0 Å². The van der Waals surface area contributed by atoms with E-state index in [1.54, 1.807) is 25.6 Å². The first-order valence-electron chi connectivity index (χ1n) is 5.17. The van der Waals surface area contributed by atoms with Crippen LogP contribution in [0.25, 0.3) is 0 Å². The van der Waals surface area contributed by atoms with Crippen molar-refractivity contribution in [3.8, 4) is 0 Å². The third-order valence-corrected chi connectivity index (χ3v) is 2.85. The maximum atomic E-state index is 11.5. The van der Waals surface area contributed by atoms with Crippen LogP contribution in [0.2, 0.25) is 0 Å². The van der Waals surface area contributed by atoms with Crippen molar-refractivity contribution in [3.05, 3.63) is 0 Å². The summed E-state index contributed by atoms with van der Waals surface area (Å²) >= 11 is 1.62. The highest BCUT2D eigenvalue weighted by atomic mass is 32.2. The van der Waals surface area contributed by atoms with Gasteiger partial charge in [-0.25, -0.2) is 9.59 Å². The molecule has 94 valence electrons. The first-order chi connectivity index (χ1) is 7.38. The van der Waals surface area contributed by atoms with Crippen molar-refractivity contribution in [1.82, 2.24) is 10.6 Å². The minimum Gasteiger partial charge on any atom is -0.480 e. The summed E-state index contributed by atoms with van der Waals surface area (Å²) in [6, 6.07) is -1.25. The quantitative estimate of drug-likeness (QED) is 0.659. The van der Waals surface area contributed by atoms with Crippen molar-refractivity contribution in [2.24, 2.45) is 5.92 Å². The number of hydrogen-bond acceptors (Lipinski definition) is 3. The first kappa shape index (κ1) is 15.1. The molecule has 0 rings (SSSR count). The average Bonchev–Trinajstić information content (AvgIpc) is 2.13. The van der Waals surface area contributed by atoms with Crippen LogP contribution >= 0.6 is 11.8 Å². The van der Waals surface area contributed by atoms with E-state index in [2.05, 4.69) is 10.6 Å². The van der Waals surface area contributed by atoms with Gasteiger partial charge in [0.15, 0.2) is 0 Å². The summed E-state index contributed by atoms with van der Waals surface area (Å²) in [6.07, 6.45) is 1.95. The van der Waals surface area contributed by atoms with Crippen molar-refractivity contribution in [2.75, 3.05) is 12.0 Å². The number of nitrogens with one attached hydrogen (secondary N) is 2. The molecule has 2 atom stereocenters. The van der Waals surface area contributed by atoms with E-state index in [-0.39, 0.29) is 12.0 Å². The second-order valence-electron chi connectivity index (χ2n) is 4.03. The average molecular weight is 248 g/mol. The molecule has 2 amide bonds. The fourth-order valence-electron chi connectivity index (χ4n) is 1.21. The largest absolute Gasteiger partial charge is 0.480 e. The topological polar surface area (TPSA) is 78.4 Å². The van der Waals surface area contributed by atoms with Gasteiger partial charge in [-0.05, 0) is 19.1 Å². The molecule has 1 unspecified atom stereocenters.